The minimum Gasteiger partial charge on any atom is -0.421 e. The number of nitrogens with one attached hydrogen (secondary N) is 1. The molecule has 0 atom stereocenters. The van der Waals surface area contributed by atoms with Gasteiger partial charge in [-0.15, -0.1) is 10.2 Å². The standard InChI is InChI=1S/C20H22N4O/c1-15-22-23-20(25-15)16-7-9-17(10-8-16)21-18-11-13-24(14-12-18)19-5-3-2-4-6-19/h2-10,18,21H,11-14H2,1H3. The lowest BCUT2D eigenvalue weighted by molar-refractivity contribution is 0.526. The van der Waals surface area contributed by atoms with Crippen LogP contribution >= 0.6 is 0 Å². The Morgan fingerprint density at radius 1 is 0.960 bits per heavy atom. The predicted molar refractivity (Wildman–Crippen MR) is 99.8 cm³/mol. The van der Waals surface area contributed by atoms with Crippen LogP contribution < -0.4 is 10.2 Å². The van der Waals surface area contributed by atoms with E-state index in [0.717, 1.165) is 37.2 Å². The molecular weight excluding hydrogens is 312 g/mol. The van der Waals surface area contributed by atoms with Crippen molar-refractivity contribution < 1.29 is 4.42 Å². The number of para-hydroxylation sites is 1. The second-order valence-corrected chi connectivity index (χ2v) is 6.44. The lowest BCUT2D eigenvalue weighted by atomic mass is 10.0. The molecule has 25 heavy (non-hydrogen) atoms. The molecule has 0 bridgehead atoms. The summed E-state index contributed by atoms with van der Waals surface area (Å²) in [6, 6.07) is 19.4. The third-order valence-corrected chi connectivity index (χ3v) is 4.64. The fourth-order valence-electron chi connectivity index (χ4n) is 3.28. The lowest BCUT2D eigenvalue weighted by Gasteiger charge is -2.34. The van der Waals surface area contributed by atoms with Crippen molar-refractivity contribution in [2.24, 2.45) is 0 Å². The average molecular weight is 334 g/mol. The summed E-state index contributed by atoms with van der Waals surface area (Å²) in [5, 5.41) is 11.6. The quantitative estimate of drug-likeness (QED) is 0.777. The van der Waals surface area contributed by atoms with E-state index in [4.69, 9.17) is 4.42 Å². The molecule has 0 aliphatic carbocycles. The van der Waals surface area contributed by atoms with E-state index in [1.54, 1.807) is 6.92 Å². The highest BCUT2D eigenvalue weighted by Crippen LogP contribution is 2.24. The molecule has 0 spiro atoms. The number of hydrogen-bond donors (Lipinski definition) is 1. The van der Waals surface area contributed by atoms with Crippen LogP contribution in [-0.4, -0.2) is 29.3 Å². The summed E-state index contributed by atoms with van der Waals surface area (Å²) in [4.78, 5) is 2.46. The van der Waals surface area contributed by atoms with E-state index in [1.807, 2.05) is 12.1 Å². The maximum atomic E-state index is 5.47. The van der Waals surface area contributed by atoms with Crippen molar-refractivity contribution in [3.63, 3.8) is 0 Å². The summed E-state index contributed by atoms with van der Waals surface area (Å²) in [5.74, 6) is 1.16. The molecule has 1 aromatic heterocycles. The Bertz CT molecular complexity index is 805. The first-order valence-corrected chi connectivity index (χ1v) is 8.75. The van der Waals surface area contributed by atoms with Crippen LogP contribution in [0, 0.1) is 6.92 Å². The summed E-state index contributed by atoms with van der Waals surface area (Å²) in [6.45, 7) is 3.97. The number of nitrogens with zero attached hydrogens (tertiary/aromatic N) is 3. The van der Waals surface area contributed by atoms with Gasteiger partial charge in [0.05, 0.1) is 0 Å². The van der Waals surface area contributed by atoms with Gasteiger partial charge < -0.3 is 14.6 Å². The highest BCUT2D eigenvalue weighted by molar-refractivity contribution is 5.58. The first-order chi connectivity index (χ1) is 12.3. The average Bonchev–Trinajstić information content (AvgIpc) is 3.10. The second-order valence-electron chi connectivity index (χ2n) is 6.44. The van der Waals surface area contributed by atoms with E-state index in [-0.39, 0.29) is 0 Å². The van der Waals surface area contributed by atoms with Crippen molar-refractivity contribution in [1.82, 2.24) is 10.2 Å². The van der Waals surface area contributed by atoms with Crippen LogP contribution in [0.15, 0.2) is 59.0 Å². The smallest absolute Gasteiger partial charge is 0.247 e. The molecule has 1 aliphatic heterocycles. The Hall–Kier alpha value is -2.82. The number of hydrogen-bond acceptors (Lipinski definition) is 5. The summed E-state index contributed by atoms with van der Waals surface area (Å²) in [6.07, 6.45) is 2.28. The van der Waals surface area contributed by atoms with Crippen LogP contribution in [0.25, 0.3) is 11.5 Å². The topological polar surface area (TPSA) is 54.2 Å². The predicted octanol–water partition coefficient (Wildman–Crippen LogP) is 4.13. The summed E-state index contributed by atoms with van der Waals surface area (Å²) >= 11 is 0. The zero-order valence-electron chi connectivity index (χ0n) is 14.4. The van der Waals surface area contributed by atoms with Gasteiger partial charge in [0.2, 0.25) is 11.8 Å². The molecule has 3 aromatic rings. The molecule has 0 saturated carbocycles. The molecule has 5 heteroatoms. The van der Waals surface area contributed by atoms with Crippen LogP contribution in [0.1, 0.15) is 18.7 Å². The van der Waals surface area contributed by atoms with Gasteiger partial charge >= 0.3 is 0 Å². The number of benzene rings is 2. The molecule has 0 amide bonds. The molecule has 1 saturated heterocycles. The normalized spacial score (nSPS) is 15.3. The number of aromatic nitrogens is 2. The van der Waals surface area contributed by atoms with Gasteiger partial charge in [-0.3, -0.25) is 0 Å². The van der Waals surface area contributed by atoms with Gasteiger partial charge in [0.25, 0.3) is 0 Å². The Balaban J connectivity index is 1.34. The van der Waals surface area contributed by atoms with Crippen molar-refractivity contribution in [3.8, 4) is 11.5 Å². The number of piperidine rings is 1. The van der Waals surface area contributed by atoms with E-state index in [1.165, 1.54) is 5.69 Å². The van der Waals surface area contributed by atoms with E-state index in [2.05, 4.69) is 62.9 Å². The molecule has 5 nitrogen and oxygen atoms in total. The van der Waals surface area contributed by atoms with Crippen molar-refractivity contribution in [2.75, 3.05) is 23.3 Å². The Labute approximate surface area is 147 Å². The Morgan fingerprint density at radius 3 is 2.32 bits per heavy atom. The zero-order valence-corrected chi connectivity index (χ0v) is 14.4. The van der Waals surface area contributed by atoms with E-state index in [0.29, 0.717) is 17.8 Å². The summed E-state index contributed by atoms with van der Waals surface area (Å²) < 4.78 is 5.47. The van der Waals surface area contributed by atoms with Crippen LogP contribution in [0.3, 0.4) is 0 Å². The number of anilines is 2. The molecule has 1 aliphatic rings. The second kappa shape index (κ2) is 6.97. The summed E-state index contributed by atoms with van der Waals surface area (Å²) in [7, 11) is 0. The molecule has 2 aromatic carbocycles. The van der Waals surface area contributed by atoms with Gasteiger partial charge in [-0.1, -0.05) is 18.2 Å². The first-order valence-electron chi connectivity index (χ1n) is 8.75. The van der Waals surface area contributed by atoms with Crippen molar-refractivity contribution in [1.29, 1.82) is 0 Å². The van der Waals surface area contributed by atoms with Crippen LogP contribution in [0.4, 0.5) is 11.4 Å². The summed E-state index contributed by atoms with van der Waals surface area (Å²) in [5.41, 5.74) is 3.41. The molecule has 2 heterocycles. The van der Waals surface area contributed by atoms with Crippen molar-refractivity contribution >= 4 is 11.4 Å². The molecule has 4 rings (SSSR count). The van der Waals surface area contributed by atoms with E-state index in [9.17, 15) is 0 Å². The first kappa shape index (κ1) is 15.7. The van der Waals surface area contributed by atoms with Crippen molar-refractivity contribution in [2.45, 2.75) is 25.8 Å². The maximum Gasteiger partial charge on any atom is 0.247 e. The van der Waals surface area contributed by atoms with Crippen molar-refractivity contribution in [3.05, 3.63) is 60.5 Å². The van der Waals surface area contributed by atoms with Gasteiger partial charge in [-0.05, 0) is 49.2 Å². The molecule has 1 fully saturated rings. The third-order valence-electron chi connectivity index (χ3n) is 4.64. The van der Waals surface area contributed by atoms with Gasteiger partial charge in [0.1, 0.15) is 0 Å². The highest BCUT2D eigenvalue weighted by Gasteiger charge is 2.19. The van der Waals surface area contributed by atoms with Crippen LogP contribution in [0.2, 0.25) is 0 Å². The fraction of sp³-hybridized carbons (Fsp3) is 0.300. The molecule has 0 radical (unpaired) electrons. The minimum atomic E-state index is 0.511. The van der Waals surface area contributed by atoms with Gasteiger partial charge in [0, 0.05) is 43.0 Å². The van der Waals surface area contributed by atoms with Gasteiger partial charge in [0.15, 0.2) is 0 Å². The van der Waals surface area contributed by atoms with Crippen LogP contribution in [0.5, 0.6) is 0 Å². The number of rotatable bonds is 4. The zero-order chi connectivity index (χ0) is 17.1. The monoisotopic (exact) mass is 334 g/mol. The molecule has 128 valence electrons. The van der Waals surface area contributed by atoms with E-state index < -0.39 is 0 Å². The third kappa shape index (κ3) is 3.65. The number of aryl methyl sites for hydroxylation is 1. The Kier molecular flexibility index (Phi) is 4.37. The SMILES string of the molecule is Cc1nnc(-c2ccc(NC3CCN(c4ccccc4)CC3)cc2)o1. The van der Waals surface area contributed by atoms with Crippen LogP contribution in [-0.2, 0) is 0 Å². The highest BCUT2D eigenvalue weighted by atomic mass is 16.4. The van der Waals surface area contributed by atoms with E-state index >= 15 is 0 Å². The van der Waals surface area contributed by atoms with Gasteiger partial charge in [-0.2, -0.15) is 0 Å². The fourth-order valence-corrected chi connectivity index (χ4v) is 3.28. The lowest BCUT2D eigenvalue weighted by Crippen LogP contribution is -2.39. The Morgan fingerprint density at radius 2 is 1.68 bits per heavy atom. The molecule has 0 unspecified atom stereocenters. The maximum absolute atomic E-state index is 5.47. The van der Waals surface area contributed by atoms with Gasteiger partial charge in [-0.25, -0.2) is 0 Å². The largest absolute Gasteiger partial charge is 0.421 e. The molecule has 1 N–H and O–H groups in total. The molecular formula is C20H22N4O. The minimum absolute atomic E-state index is 0.511.